The molecule has 0 atom stereocenters. The quantitative estimate of drug-likeness (QED) is 0.354. The minimum atomic E-state index is -0.865. The van der Waals surface area contributed by atoms with Crippen LogP contribution in [0, 0.1) is 11.6 Å². The van der Waals surface area contributed by atoms with E-state index in [2.05, 4.69) is 20.6 Å². The third kappa shape index (κ3) is 5.41. The highest BCUT2D eigenvalue weighted by Gasteiger charge is 2.19. The third-order valence-electron chi connectivity index (χ3n) is 4.88. The van der Waals surface area contributed by atoms with Crippen molar-refractivity contribution in [2.24, 2.45) is 0 Å². The standard InChI is InChI=1S/C24H18F2N4O5/c1-34-23(32)16-12-28-22-21(16)19(8-9-27-22)35-18-7-6-15(11-17(18)26)29-24(33)30-20(31)10-13-2-4-14(25)5-3-13/h2-9,11-12H,10H2,1H3,(H,27,28)(H2,29,30,31,33). The molecular formula is C24H18F2N4O5. The van der Waals surface area contributed by atoms with Crippen LogP contribution in [-0.4, -0.2) is 35.0 Å². The van der Waals surface area contributed by atoms with Crippen LogP contribution in [0.2, 0.25) is 0 Å². The van der Waals surface area contributed by atoms with Gasteiger partial charge in [-0.1, -0.05) is 12.1 Å². The van der Waals surface area contributed by atoms with Crippen LogP contribution in [0.5, 0.6) is 11.5 Å². The highest BCUT2D eigenvalue weighted by molar-refractivity contribution is 6.05. The second kappa shape index (κ2) is 10.00. The van der Waals surface area contributed by atoms with Crippen molar-refractivity contribution in [3.63, 3.8) is 0 Å². The highest BCUT2D eigenvalue weighted by Crippen LogP contribution is 2.33. The summed E-state index contributed by atoms with van der Waals surface area (Å²) in [6.45, 7) is 0. The lowest BCUT2D eigenvalue weighted by atomic mass is 10.1. The molecule has 0 unspecified atom stereocenters. The maximum absolute atomic E-state index is 14.7. The van der Waals surface area contributed by atoms with Gasteiger partial charge in [0.1, 0.15) is 17.2 Å². The number of rotatable bonds is 6. The predicted octanol–water partition coefficient (Wildman–Crippen LogP) is 4.31. The van der Waals surface area contributed by atoms with Gasteiger partial charge in [0.05, 0.1) is 24.5 Å². The average Bonchev–Trinajstić information content (AvgIpc) is 3.27. The van der Waals surface area contributed by atoms with E-state index < -0.39 is 29.5 Å². The third-order valence-corrected chi connectivity index (χ3v) is 4.88. The summed E-state index contributed by atoms with van der Waals surface area (Å²) in [5.41, 5.74) is 1.11. The van der Waals surface area contributed by atoms with Crippen LogP contribution in [0.1, 0.15) is 15.9 Å². The van der Waals surface area contributed by atoms with Crippen molar-refractivity contribution < 1.29 is 32.6 Å². The molecule has 3 amide bonds. The lowest BCUT2D eigenvalue weighted by Gasteiger charge is -2.11. The van der Waals surface area contributed by atoms with E-state index in [4.69, 9.17) is 9.47 Å². The molecule has 35 heavy (non-hydrogen) atoms. The number of carbonyl (C=O) groups is 3. The molecule has 2 aromatic carbocycles. The largest absolute Gasteiger partial charge is 0.465 e. The summed E-state index contributed by atoms with van der Waals surface area (Å²) in [6, 6.07) is 9.54. The van der Waals surface area contributed by atoms with E-state index in [1.165, 1.54) is 62.0 Å². The predicted molar refractivity (Wildman–Crippen MR) is 121 cm³/mol. The van der Waals surface area contributed by atoms with Crippen LogP contribution >= 0.6 is 0 Å². The van der Waals surface area contributed by atoms with E-state index in [0.29, 0.717) is 16.6 Å². The molecule has 0 aliphatic carbocycles. The second-order valence-electron chi connectivity index (χ2n) is 7.28. The van der Waals surface area contributed by atoms with Crippen molar-refractivity contribution in [3.8, 4) is 11.5 Å². The lowest BCUT2D eigenvalue weighted by Crippen LogP contribution is -2.35. The number of nitrogens with zero attached hydrogens (tertiary/aromatic N) is 1. The Bertz CT molecular complexity index is 1420. The highest BCUT2D eigenvalue weighted by atomic mass is 19.1. The minimum absolute atomic E-state index is 0.0682. The Hall–Kier alpha value is -4.80. The molecule has 0 bridgehead atoms. The van der Waals surface area contributed by atoms with E-state index >= 15 is 0 Å². The first-order chi connectivity index (χ1) is 16.8. The molecule has 0 aliphatic rings. The molecule has 3 N–H and O–H groups in total. The summed E-state index contributed by atoms with van der Waals surface area (Å²) in [5.74, 6) is -2.49. The molecule has 2 heterocycles. The molecule has 178 valence electrons. The lowest BCUT2D eigenvalue weighted by molar-refractivity contribution is -0.119. The van der Waals surface area contributed by atoms with Gasteiger partial charge in [-0.3, -0.25) is 10.1 Å². The Morgan fingerprint density at radius 3 is 2.51 bits per heavy atom. The number of esters is 1. The van der Waals surface area contributed by atoms with Crippen LogP contribution in [-0.2, 0) is 16.0 Å². The second-order valence-corrected chi connectivity index (χ2v) is 7.28. The number of carbonyl (C=O) groups excluding carboxylic acids is 3. The van der Waals surface area contributed by atoms with Crippen LogP contribution in [0.3, 0.4) is 0 Å². The molecule has 9 nitrogen and oxygen atoms in total. The van der Waals surface area contributed by atoms with E-state index in [1.807, 2.05) is 0 Å². The summed E-state index contributed by atoms with van der Waals surface area (Å²) in [5, 5.41) is 4.79. The molecule has 0 aliphatic heterocycles. The fraction of sp³-hybridized carbons (Fsp3) is 0.0833. The van der Waals surface area contributed by atoms with E-state index in [9.17, 15) is 23.2 Å². The monoisotopic (exact) mass is 480 g/mol. The summed E-state index contributed by atoms with van der Waals surface area (Å²) in [6.07, 6.45) is 2.70. The smallest absolute Gasteiger partial charge is 0.340 e. The van der Waals surface area contributed by atoms with Crippen molar-refractivity contribution in [1.29, 1.82) is 0 Å². The number of halogens is 2. The van der Waals surface area contributed by atoms with Gasteiger partial charge in [-0.05, 0) is 35.9 Å². The summed E-state index contributed by atoms with van der Waals surface area (Å²) >= 11 is 0. The van der Waals surface area contributed by atoms with E-state index in [-0.39, 0.29) is 29.2 Å². The van der Waals surface area contributed by atoms with Crippen molar-refractivity contribution in [2.45, 2.75) is 6.42 Å². The molecule has 11 heteroatoms. The maximum atomic E-state index is 14.7. The number of ether oxygens (including phenoxy) is 2. The first-order valence-corrected chi connectivity index (χ1v) is 10.2. The molecular weight excluding hydrogens is 462 g/mol. The van der Waals surface area contributed by atoms with Crippen LogP contribution in [0.4, 0.5) is 19.3 Å². The zero-order valence-corrected chi connectivity index (χ0v) is 18.2. The Kier molecular flexibility index (Phi) is 6.67. The van der Waals surface area contributed by atoms with Gasteiger partial charge >= 0.3 is 12.0 Å². The molecule has 0 saturated heterocycles. The molecule has 0 spiro atoms. The number of methoxy groups -OCH3 is 1. The number of nitrogens with one attached hydrogen (secondary N) is 3. The van der Waals surface area contributed by atoms with Crippen LogP contribution < -0.4 is 15.4 Å². The van der Waals surface area contributed by atoms with Gasteiger partial charge in [0, 0.05) is 24.1 Å². The van der Waals surface area contributed by atoms with E-state index in [0.717, 1.165) is 6.07 Å². The zero-order valence-electron chi connectivity index (χ0n) is 18.2. The topological polar surface area (TPSA) is 122 Å². The number of benzene rings is 2. The number of imide groups is 1. The Labute approximate surface area is 197 Å². The summed E-state index contributed by atoms with van der Waals surface area (Å²) in [4.78, 5) is 43.0. The van der Waals surface area contributed by atoms with Gasteiger partial charge in [-0.2, -0.15) is 0 Å². The molecule has 0 fully saturated rings. The van der Waals surface area contributed by atoms with Gasteiger partial charge in [0.15, 0.2) is 11.6 Å². The number of amides is 3. The summed E-state index contributed by atoms with van der Waals surface area (Å²) in [7, 11) is 1.23. The zero-order chi connectivity index (χ0) is 24.9. The van der Waals surface area contributed by atoms with Crippen molar-refractivity contribution >= 4 is 34.6 Å². The van der Waals surface area contributed by atoms with Crippen LogP contribution in [0.25, 0.3) is 11.0 Å². The number of fused-ring (bicyclic) bond motifs is 1. The maximum Gasteiger partial charge on any atom is 0.340 e. The Morgan fingerprint density at radius 1 is 1.03 bits per heavy atom. The number of pyridine rings is 1. The Balaban J connectivity index is 1.43. The molecule has 0 saturated carbocycles. The van der Waals surface area contributed by atoms with Gasteiger partial charge < -0.3 is 19.8 Å². The normalized spacial score (nSPS) is 10.6. The van der Waals surface area contributed by atoms with Crippen molar-refractivity contribution in [1.82, 2.24) is 15.3 Å². The average molecular weight is 480 g/mol. The van der Waals surface area contributed by atoms with Gasteiger partial charge in [-0.25, -0.2) is 23.4 Å². The van der Waals surface area contributed by atoms with Gasteiger partial charge in [-0.15, -0.1) is 0 Å². The van der Waals surface area contributed by atoms with E-state index in [1.54, 1.807) is 0 Å². The van der Waals surface area contributed by atoms with Gasteiger partial charge in [0.2, 0.25) is 5.91 Å². The minimum Gasteiger partial charge on any atom is -0.465 e. The fourth-order valence-corrected chi connectivity index (χ4v) is 3.28. The first-order valence-electron chi connectivity index (χ1n) is 10.2. The number of H-pyrrole nitrogens is 1. The molecule has 2 aromatic heterocycles. The number of anilines is 1. The van der Waals surface area contributed by atoms with Crippen LogP contribution in [0.15, 0.2) is 60.9 Å². The molecule has 0 radical (unpaired) electrons. The molecule has 4 aromatic rings. The fourth-order valence-electron chi connectivity index (χ4n) is 3.28. The number of aromatic nitrogens is 2. The molecule has 4 rings (SSSR count). The van der Waals surface area contributed by atoms with Gasteiger partial charge in [0.25, 0.3) is 0 Å². The van der Waals surface area contributed by atoms with Crippen molar-refractivity contribution in [3.05, 3.63) is 83.7 Å². The number of urea groups is 1. The number of hydrogen-bond donors (Lipinski definition) is 3. The first kappa shape index (κ1) is 23.4. The number of hydrogen-bond acceptors (Lipinski definition) is 6. The van der Waals surface area contributed by atoms with Crippen molar-refractivity contribution in [2.75, 3.05) is 12.4 Å². The Morgan fingerprint density at radius 2 is 1.80 bits per heavy atom. The summed E-state index contributed by atoms with van der Waals surface area (Å²) < 4.78 is 38.1. The SMILES string of the molecule is COC(=O)c1c[nH]c2nccc(Oc3ccc(NC(=O)NC(=O)Cc4ccc(F)cc4)cc3F)c12. The number of aromatic amines is 1.